The predicted octanol–water partition coefficient (Wildman–Crippen LogP) is 3.53. The van der Waals surface area contributed by atoms with Crippen molar-refractivity contribution in [1.82, 2.24) is 19.1 Å². The third kappa shape index (κ3) is 4.19. The van der Waals surface area contributed by atoms with Crippen LogP contribution in [0.4, 0.5) is 26.2 Å². The maximum atomic E-state index is 13.5. The molecule has 32 heavy (non-hydrogen) atoms. The van der Waals surface area contributed by atoms with E-state index in [1.165, 1.54) is 15.3 Å². The Bertz CT molecular complexity index is 1280. The number of piperidine rings is 1. The Morgan fingerprint density at radius 3 is 2.56 bits per heavy atom. The van der Waals surface area contributed by atoms with Crippen LogP contribution in [0.25, 0.3) is 11.0 Å². The number of hydrogen-bond donors (Lipinski definition) is 1. The summed E-state index contributed by atoms with van der Waals surface area (Å²) in [5.41, 5.74) is 0.674. The molecule has 4 rings (SSSR count). The van der Waals surface area contributed by atoms with E-state index in [2.05, 4.69) is 15.3 Å². The lowest BCUT2D eigenvalue weighted by Gasteiger charge is -2.31. The van der Waals surface area contributed by atoms with E-state index in [9.17, 15) is 18.4 Å². The second-order valence-electron chi connectivity index (χ2n) is 7.86. The van der Waals surface area contributed by atoms with Gasteiger partial charge in [0.2, 0.25) is 5.95 Å². The molecule has 0 saturated carbocycles. The molecule has 0 unspecified atom stereocenters. The van der Waals surface area contributed by atoms with Crippen molar-refractivity contribution >= 4 is 40.1 Å². The molecule has 8 nitrogen and oxygen atoms in total. The number of hydrogen-bond acceptors (Lipinski definition) is 6. The van der Waals surface area contributed by atoms with Crippen LogP contribution in [0.2, 0.25) is 5.02 Å². The number of benzene rings is 1. The van der Waals surface area contributed by atoms with Crippen molar-refractivity contribution in [2.75, 3.05) is 23.3 Å². The maximum absolute atomic E-state index is 13.5. The Morgan fingerprint density at radius 2 is 1.88 bits per heavy atom. The second-order valence-corrected chi connectivity index (χ2v) is 8.27. The zero-order valence-electron chi connectivity index (χ0n) is 17.7. The highest BCUT2D eigenvalue weighted by molar-refractivity contribution is 6.32. The van der Waals surface area contributed by atoms with Crippen LogP contribution < -0.4 is 21.3 Å². The molecule has 0 amide bonds. The number of nitrogens with zero attached hydrogens (tertiary/aromatic N) is 5. The molecule has 1 aliphatic heterocycles. The minimum atomic E-state index is -2.66. The van der Waals surface area contributed by atoms with Crippen LogP contribution in [0.5, 0.6) is 0 Å². The molecular weight excluding hydrogens is 442 g/mol. The van der Waals surface area contributed by atoms with Crippen molar-refractivity contribution in [2.45, 2.75) is 38.7 Å². The highest BCUT2D eigenvalue weighted by atomic mass is 35.5. The largest absolute Gasteiger partial charge is 0.340 e. The number of anilines is 3. The zero-order chi connectivity index (χ0) is 23.0. The van der Waals surface area contributed by atoms with Gasteiger partial charge in [0.1, 0.15) is 5.02 Å². The maximum Gasteiger partial charge on any atom is 0.316 e. The van der Waals surface area contributed by atoms with Gasteiger partial charge in [0, 0.05) is 45.2 Å². The molecule has 0 spiro atoms. The van der Waals surface area contributed by atoms with Crippen molar-refractivity contribution in [3.8, 4) is 0 Å². The van der Waals surface area contributed by atoms with Gasteiger partial charge >= 0.3 is 11.1 Å². The lowest BCUT2D eigenvalue weighted by molar-refractivity contribution is -0.0222. The van der Waals surface area contributed by atoms with E-state index in [1.54, 1.807) is 30.1 Å². The van der Waals surface area contributed by atoms with Crippen LogP contribution in [0.3, 0.4) is 0 Å². The molecule has 1 aliphatic rings. The van der Waals surface area contributed by atoms with Gasteiger partial charge in [-0.05, 0) is 24.6 Å². The quantitative estimate of drug-likeness (QED) is 0.581. The van der Waals surface area contributed by atoms with E-state index in [4.69, 9.17) is 11.6 Å². The van der Waals surface area contributed by atoms with E-state index in [-0.39, 0.29) is 31.0 Å². The molecule has 11 heteroatoms. The minimum absolute atomic E-state index is 0.154. The van der Waals surface area contributed by atoms with Crippen LogP contribution in [0, 0.1) is 0 Å². The Kier molecular flexibility index (Phi) is 5.89. The van der Waals surface area contributed by atoms with E-state index in [1.807, 2.05) is 6.92 Å². The fourth-order valence-corrected chi connectivity index (χ4v) is 3.93. The van der Waals surface area contributed by atoms with E-state index in [0.29, 0.717) is 41.5 Å². The topological polar surface area (TPSA) is 85.0 Å². The molecule has 1 N–H and O–H groups in total. The van der Waals surface area contributed by atoms with Gasteiger partial charge in [0.15, 0.2) is 5.82 Å². The standard InChI is InChI=1S/C21H23ClF2N6O2/c1-3-8-30-16-11-13(4-5-15(16)28(2)18(31)19(30)32)26-17-14(22)12-25-20(27-17)29-9-6-21(23,24)7-10-29/h4-5,11-12H,3,6-10H2,1-2H3,(H,25,26,27). The molecule has 2 aromatic heterocycles. The van der Waals surface area contributed by atoms with Crippen molar-refractivity contribution in [2.24, 2.45) is 7.05 Å². The van der Waals surface area contributed by atoms with Crippen LogP contribution in [-0.4, -0.2) is 38.1 Å². The van der Waals surface area contributed by atoms with Gasteiger partial charge in [-0.25, -0.2) is 13.8 Å². The van der Waals surface area contributed by atoms with Crippen LogP contribution in [0.15, 0.2) is 34.0 Å². The Hall–Kier alpha value is -3.01. The summed E-state index contributed by atoms with van der Waals surface area (Å²) in [6.45, 7) is 2.64. The smallest absolute Gasteiger partial charge is 0.316 e. The molecule has 3 aromatic rings. The molecule has 170 valence electrons. The third-order valence-corrected chi connectivity index (χ3v) is 5.86. The normalized spacial score (nSPS) is 15.8. The van der Waals surface area contributed by atoms with Gasteiger partial charge in [-0.2, -0.15) is 4.98 Å². The van der Waals surface area contributed by atoms with Crippen molar-refractivity contribution in [3.05, 3.63) is 50.1 Å². The zero-order valence-corrected chi connectivity index (χ0v) is 18.5. The lowest BCUT2D eigenvalue weighted by atomic mass is 10.1. The third-order valence-electron chi connectivity index (χ3n) is 5.58. The first-order valence-electron chi connectivity index (χ1n) is 10.4. The van der Waals surface area contributed by atoms with Gasteiger partial charge in [-0.1, -0.05) is 18.5 Å². The van der Waals surface area contributed by atoms with E-state index in [0.717, 1.165) is 0 Å². The summed E-state index contributed by atoms with van der Waals surface area (Å²) < 4.78 is 29.7. The molecule has 1 saturated heterocycles. The number of aromatic nitrogens is 4. The first-order chi connectivity index (χ1) is 15.2. The molecule has 0 radical (unpaired) electrons. The molecule has 1 fully saturated rings. The second kappa shape index (κ2) is 8.50. The van der Waals surface area contributed by atoms with Crippen LogP contribution in [-0.2, 0) is 13.6 Å². The average molecular weight is 465 g/mol. The predicted molar refractivity (Wildman–Crippen MR) is 120 cm³/mol. The van der Waals surface area contributed by atoms with Crippen molar-refractivity contribution < 1.29 is 8.78 Å². The number of rotatable bonds is 5. The lowest BCUT2D eigenvalue weighted by Crippen LogP contribution is -2.40. The summed E-state index contributed by atoms with van der Waals surface area (Å²) in [5.74, 6) is -2.02. The molecule has 0 bridgehead atoms. The fraction of sp³-hybridized carbons (Fsp3) is 0.429. The number of nitrogens with one attached hydrogen (secondary N) is 1. The first kappa shape index (κ1) is 22.2. The van der Waals surface area contributed by atoms with Gasteiger partial charge in [0.25, 0.3) is 5.92 Å². The van der Waals surface area contributed by atoms with Gasteiger partial charge in [-0.3, -0.25) is 9.59 Å². The van der Waals surface area contributed by atoms with Crippen LogP contribution >= 0.6 is 11.6 Å². The molecule has 0 aliphatic carbocycles. The summed E-state index contributed by atoms with van der Waals surface area (Å²) >= 11 is 6.27. The number of alkyl halides is 2. The SMILES string of the molecule is CCCn1c(=O)c(=O)n(C)c2ccc(Nc3nc(N4CCC(F)(F)CC4)ncc3Cl)cc21. The van der Waals surface area contributed by atoms with Crippen molar-refractivity contribution in [3.63, 3.8) is 0 Å². The Balaban J connectivity index is 1.69. The summed E-state index contributed by atoms with van der Waals surface area (Å²) in [6.07, 6.45) is 1.62. The highest BCUT2D eigenvalue weighted by Gasteiger charge is 2.34. The van der Waals surface area contributed by atoms with E-state index < -0.39 is 17.0 Å². The number of fused-ring (bicyclic) bond motifs is 1. The molecule has 0 atom stereocenters. The number of halogens is 3. The Labute approximate surface area is 187 Å². The summed E-state index contributed by atoms with van der Waals surface area (Å²) in [4.78, 5) is 35.1. The average Bonchev–Trinajstić information content (AvgIpc) is 2.77. The van der Waals surface area contributed by atoms with Gasteiger partial charge in [-0.15, -0.1) is 0 Å². The highest BCUT2D eigenvalue weighted by Crippen LogP contribution is 2.31. The minimum Gasteiger partial charge on any atom is -0.340 e. The molecule has 1 aromatic carbocycles. The van der Waals surface area contributed by atoms with E-state index >= 15 is 0 Å². The summed E-state index contributed by atoms with van der Waals surface area (Å²) in [5, 5.41) is 3.39. The number of aryl methyl sites for hydroxylation is 2. The molecular formula is C21H23ClF2N6O2. The van der Waals surface area contributed by atoms with Gasteiger partial charge < -0.3 is 19.4 Å². The van der Waals surface area contributed by atoms with Crippen molar-refractivity contribution in [1.29, 1.82) is 0 Å². The first-order valence-corrected chi connectivity index (χ1v) is 10.7. The van der Waals surface area contributed by atoms with Gasteiger partial charge in [0.05, 0.1) is 17.2 Å². The van der Waals surface area contributed by atoms with Crippen LogP contribution in [0.1, 0.15) is 26.2 Å². The molecule has 3 heterocycles. The Morgan fingerprint density at radius 1 is 1.16 bits per heavy atom. The summed E-state index contributed by atoms with van der Waals surface area (Å²) in [7, 11) is 1.56. The monoisotopic (exact) mass is 464 g/mol. The summed E-state index contributed by atoms with van der Waals surface area (Å²) in [6, 6.07) is 5.25. The fourth-order valence-electron chi connectivity index (χ4n) is 3.79.